The molecule has 0 aromatic heterocycles. The minimum atomic E-state index is -1.03. The zero-order valence-electron chi connectivity index (χ0n) is 12.0. The first-order chi connectivity index (χ1) is 10.6. The van der Waals surface area contributed by atoms with Crippen molar-refractivity contribution in [3.05, 3.63) is 59.7 Å². The summed E-state index contributed by atoms with van der Waals surface area (Å²) in [5.74, 6) is -2.46. The number of hydrogen-bond acceptors (Lipinski definition) is 2. The Bertz CT molecular complexity index is 680. The molecule has 2 aromatic rings. The summed E-state index contributed by atoms with van der Waals surface area (Å²) in [6.45, 7) is 2.11. The lowest BCUT2D eigenvalue weighted by atomic mass is 10.2. The zero-order chi connectivity index (χ0) is 15.5. The van der Waals surface area contributed by atoms with Crippen LogP contribution in [0.5, 0.6) is 0 Å². The van der Waals surface area contributed by atoms with Gasteiger partial charge >= 0.3 is 0 Å². The number of nitrogens with one attached hydrogen (secondary N) is 1. The molecule has 1 amide bonds. The van der Waals surface area contributed by atoms with Crippen molar-refractivity contribution in [1.82, 2.24) is 0 Å². The van der Waals surface area contributed by atoms with Crippen molar-refractivity contribution in [3.8, 4) is 0 Å². The van der Waals surface area contributed by atoms with Gasteiger partial charge in [0.1, 0.15) is 0 Å². The number of halogens is 2. The Labute approximate surface area is 127 Å². The molecule has 5 heteroatoms. The number of carbonyl (C=O) groups is 1. The molecule has 3 rings (SSSR count). The summed E-state index contributed by atoms with van der Waals surface area (Å²) in [6, 6.07) is 10.6. The molecule has 0 bridgehead atoms. The smallest absolute Gasteiger partial charge is 0.255 e. The van der Waals surface area contributed by atoms with Gasteiger partial charge in [-0.1, -0.05) is 0 Å². The minimum absolute atomic E-state index is 0.0857. The molecule has 0 unspecified atom stereocenters. The molecule has 1 heterocycles. The SMILES string of the molecule is O=C(Nc1ccc(N2CCCC2)cc1)c1ccc(F)c(F)c1. The molecule has 3 nitrogen and oxygen atoms in total. The molecule has 1 saturated heterocycles. The number of anilines is 2. The molecule has 0 spiro atoms. The Morgan fingerprint density at radius 3 is 2.27 bits per heavy atom. The molecule has 1 aliphatic rings. The number of hydrogen-bond donors (Lipinski definition) is 1. The fourth-order valence-electron chi connectivity index (χ4n) is 2.57. The Morgan fingerprint density at radius 2 is 1.64 bits per heavy atom. The monoisotopic (exact) mass is 302 g/mol. The Balaban J connectivity index is 1.69. The summed E-state index contributed by atoms with van der Waals surface area (Å²) in [7, 11) is 0. The first kappa shape index (κ1) is 14.5. The lowest BCUT2D eigenvalue weighted by Gasteiger charge is -2.17. The lowest BCUT2D eigenvalue weighted by molar-refractivity contribution is 0.102. The van der Waals surface area contributed by atoms with E-state index in [1.165, 1.54) is 18.9 Å². The van der Waals surface area contributed by atoms with Crippen molar-refractivity contribution >= 4 is 17.3 Å². The summed E-state index contributed by atoms with van der Waals surface area (Å²) in [4.78, 5) is 14.3. The number of amides is 1. The van der Waals surface area contributed by atoms with Crippen LogP contribution in [0.1, 0.15) is 23.2 Å². The van der Waals surface area contributed by atoms with Crippen molar-refractivity contribution < 1.29 is 13.6 Å². The molecule has 0 atom stereocenters. The molecule has 0 saturated carbocycles. The third-order valence-electron chi connectivity index (χ3n) is 3.78. The van der Waals surface area contributed by atoms with Gasteiger partial charge in [-0.3, -0.25) is 4.79 Å². The number of nitrogens with zero attached hydrogens (tertiary/aromatic N) is 1. The third-order valence-corrected chi connectivity index (χ3v) is 3.78. The van der Waals surface area contributed by atoms with E-state index in [4.69, 9.17) is 0 Å². The molecule has 22 heavy (non-hydrogen) atoms. The van der Waals surface area contributed by atoms with Gasteiger partial charge < -0.3 is 10.2 Å². The highest BCUT2D eigenvalue weighted by atomic mass is 19.2. The Kier molecular flexibility index (Phi) is 4.04. The van der Waals surface area contributed by atoms with Crippen LogP contribution >= 0.6 is 0 Å². The van der Waals surface area contributed by atoms with E-state index >= 15 is 0 Å². The van der Waals surface area contributed by atoms with Crippen LogP contribution in [0.15, 0.2) is 42.5 Å². The van der Waals surface area contributed by atoms with Crippen LogP contribution in [0.3, 0.4) is 0 Å². The summed E-state index contributed by atoms with van der Waals surface area (Å²) in [6.07, 6.45) is 2.41. The molecule has 0 aliphatic carbocycles. The first-order valence-electron chi connectivity index (χ1n) is 7.25. The Hall–Kier alpha value is -2.43. The van der Waals surface area contributed by atoms with Gasteiger partial charge in [0.05, 0.1) is 0 Å². The summed E-state index contributed by atoms with van der Waals surface area (Å²) in [5.41, 5.74) is 1.84. The zero-order valence-corrected chi connectivity index (χ0v) is 12.0. The third kappa shape index (κ3) is 3.08. The number of carbonyl (C=O) groups excluding carboxylic acids is 1. The topological polar surface area (TPSA) is 32.3 Å². The van der Waals surface area contributed by atoms with Gasteiger partial charge in [0, 0.05) is 30.0 Å². The fraction of sp³-hybridized carbons (Fsp3) is 0.235. The average Bonchev–Trinajstić information content (AvgIpc) is 3.05. The maximum atomic E-state index is 13.1. The van der Waals surface area contributed by atoms with E-state index in [2.05, 4.69) is 10.2 Å². The van der Waals surface area contributed by atoms with Crippen molar-refractivity contribution in [1.29, 1.82) is 0 Å². The molecular formula is C17H16F2N2O. The molecule has 1 aliphatic heterocycles. The Morgan fingerprint density at radius 1 is 0.955 bits per heavy atom. The van der Waals surface area contributed by atoms with Crippen LogP contribution < -0.4 is 10.2 Å². The molecule has 114 valence electrons. The molecule has 1 N–H and O–H groups in total. The average molecular weight is 302 g/mol. The summed E-state index contributed by atoms with van der Waals surface area (Å²) >= 11 is 0. The van der Waals surface area contributed by atoms with Gasteiger partial charge in [-0.25, -0.2) is 8.78 Å². The summed E-state index contributed by atoms with van der Waals surface area (Å²) < 4.78 is 26.0. The second-order valence-electron chi connectivity index (χ2n) is 5.32. The maximum absolute atomic E-state index is 13.1. The van der Waals surface area contributed by atoms with Crippen molar-refractivity contribution in [2.75, 3.05) is 23.3 Å². The molecule has 2 aromatic carbocycles. The minimum Gasteiger partial charge on any atom is -0.372 e. The van der Waals surface area contributed by atoms with Gasteiger partial charge in [0.15, 0.2) is 11.6 Å². The van der Waals surface area contributed by atoms with E-state index in [0.717, 1.165) is 30.9 Å². The second kappa shape index (κ2) is 6.13. The predicted octanol–water partition coefficient (Wildman–Crippen LogP) is 3.82. The summed E-state index contributed by atoms with van der Waals surface area (Å²) in [5, 5.41) is 2.68. The van der Waals surface area contributed by atoms with Crippen LogP contribution in [0, 0.1) is 11.6 Å². The van der Waals surface area contributed by atoms with E-state index < -0.39 is 17.5 Å². The van der Waals surface area contributed by atoms with E-state index in [-0.39, 0.29) is 5.56 Å². The van der Waals surface area contributed by atoms with E-state index in [1.54, 1.807) is 0 Å². The maximum Gasteiger partial charge on any atom is 0.255 e. The second-order valence-corrected chi connectivity index (χ2v) is 5.32. The highest BCUT2D eigenvalue weighted by Gasteiger charge is 2.13. The largest absolute Gasteiger partial charge is 0.372 e. The van der Waals surface area contributed by atoms with Crippen LogP contribution in [0.2, 0.25) is 0 Å². The molecule has 0 radical (unpaired) electrons. The van der Waals surface area contributed by atoms with E-state index in [9.17, 15) is 13.6 Å². The van der Waals surface area contributed by atoms with Crippen LogP contribution in [0.25, 0.3) is 0 Å². The normalized spacial score (nSPS) is 14.2. The fourth-order valence-corrected chi connectivity index (χ4v) is 2.57. The first-order valence-corrected chi connectivity index (χ1v) is 7.25. The molecular weight excluding hydrogens is 286 g/mol. The van der Waals surface area contributed by atoms with E-state index in [1.807, 2.05) is 24.3 Å². The molecule has 1 fully saturated rings. The van der Waals surface area contributed by atoms with Gasteiger partial charge in [-0.2, -0.15) is 0 Å². The van der Waals surface area contributed by atoms with Crippen molar-refractivity contribution in [3.63, 3.8) is 0 Å². The van der Waals surface area contributed by atoms with E-state index in [0.29, 0.717) is 5.69 Å². The van der Waals surface area contributed by atoms with Crippen molar-refractivity contribution in [2.45, 2.75) is 12.8 Å². The number of benzene rings is 2. The standard InChI is InChI=1S/C17H16F2N2O/c18-15-8-3-12(11-16(15)19)17(22)20-13-4-6-14(7-5-13)21-9-1-2-10-21/h3-8,11H,1-2,9-10H2,(H,20,22). The van der Waals surface area contributed by atoms with Gasteiger partial charge in [0.25, 0.3) is 5.91 Å². The number of rotatable bonds is 3. The van der Waals surface area contributed by atoms with Crippen LogP contribution in [0.4, 0.5) is 20.2 Å². The lowest BCUT2D eigenvalue weighted by Crippen LogP contribution is -2.17. The van der Waals surface area contributed by atoms with Gasteiger partial charge in [-0.05, 0) is 55.3 Å². The van der Waals surface area contributed by atoms with Crippen LogP contribution in [-0.4, -0.2) is 19.0 Å². The van der Waals surface area contributed by atoms with Gasteiger partial charge in [0.2, 0.25) is 0 Å². The van der Waals surface area contributed by atoms with Gasteiger partial charge in [-0.15, -0.1) is 0 Å². The predicted molar refractivity (Wildman–Crippen MR) is 82.2 cm³/mol. The quantitative estimate of drug-likeness (QED) is 0.935. The van der Waals surface area contributed by atoms with Crippen molar-refractivity contribution in [2.24, 2.45) is 0 Å². The van der Waals surface area contributed by atoms with Crippen LogP contribution in [-0.2, 0) is 0 Å². The highest BCUT2D eigenvalue weighted by molar-refractivity contribution is 6.04. The highest BCUT2D eigenvalue weighted by Crippen LogP contribution is 2.22.